The molecule has 1 aromatic carbocycles. The van der Waals surface area contributed by atoms with Crippen LogP contribution in [-0.4, -0.2) is 84.5 Å². The molecule has 0 radical (unpaired) electrons. The van der Waals surface area contributed by atoms with Crippen LogP contribution in [0.4, 0.5) is 0 Å². The largest absolute Gasteiger partial charge is 0.493 e. The molecule has 2 heterocycles. The van der Waals surface area contributed by atoms with E-state index in [1.165, 1.54) is 0 Å². The third-order valence-electron chi connectivity index (χ3n) is 7.18. The maximum absolute atomic E-state index is 13.5. The molecule has 208 valence electrons. The molecule has 1 atom stereocenters. The molecule has 0 bridgehead atoms. The minimum atomic E-state index is -0.602. The number of carbonyl (C=O) groups excluding carboxylic acids is 3. The van der Waals surface area contributed by atoms with Gasteiger partial charge in [0.25, 0.3) is 11.8 Å². The number of benzene rings is 1. The van der Waals surface area contributed by atoms with Crippen LogP contribution in [0.25, 0.3) is 0 Å². The molecule has 2 aromatic rings. The van der Waals surface area contributed by atoms with Crippen molar-refractivity contribution in [1.29, 1.82) is 0 Å². The Labute approximate surface area is 226 Å². The minimum absolute atomic E-state index is 0.0652. The summed E-state index contributed by atoms with van der Waals surface area (Å²) in [4.78, 5) is 45.0. The van der Waals surface area contributed by atoms with Gasteiger partial charge in [0, 0.05) is 34.2 Å². The molecule has 1 aliphatic heterocycles. The highest BCUT2D eigenvalue weighted by atomic mass is 16.5. The molecule has 9 heteroatoms. The Morgan fingerprint density at radius 1 is 1.13 bits per heavy atom. The van der Waals surface area contributed by atoms with E-state index in [9.17, 15) is 14.4 Å². The van der Waals surface area contributed by atoms with Crippen molar-refractivity contribution in [3.63, 3.8) is 0 Å². The molecular weight excluding hydrogens is 484 g/mol. The first-order valence-corrected chi connectivity index (χ1v) is 13.6. The third kappa shape index (κ3) is 6.94. The van der Waals surface area contributed by atoms with Crippen molar-refractivity contribution in [2.45, 2.75) is 71.3 Å². The second kappa shape index (κ2) is 13.4. The number of carbonyl (C=O) groups is 3. The van der Waals surface area contributed by atoms with E-state index < -0.39 is 6.04 Å². The molecule has 0 spiro atoms. The number of amides is 3. The van der Waals surface area contributed by atoms with Gasteiger partial charge < -0.3 is 24.0 Å². The molecule has 9 nitrogen and oxygen atoms in total. The van der Waals surface area contributed by atoms with Gasteiger partial charge in [-0.25, -0.2) is 0 Å². The molecular formula is C29H42N4O5. The van der Waals surface area contributed by atoms with E-state index in [0.29, 0.717) is 67.3 Å². The van der Waals surface area contributed by atoms with Crippen LogP contribution in [0.2, 0.25) is 0 Å². The number of para-hydroxylation sites is 1. The van der Waals surface area contributed by atoms with Crippen LogP contribution < -0.4 is 4.74 Å². The highest BCUT2D eigenvalue weighted by molar-refractivity contribution is 5.99. The number of hydrogen-bond donors (Lipinski definition) is 0. The van der Waals surface area contributed by atoms with Crippen LogP contribution in [0.15, 0.2) is 28.8 Å². The lowest BCUT2D eigenvalue weighted by Crippen LogP contribution is -2.48. The van der Waals surface area contributed by atoms with E-state index in [1.54, 1.807) is 54.9 Å². The quantitative estimate of drug-likeness (QED) is 0.493. The van der Waals surface area contributed by atoms with Gasteiger partial charge in [0.15, 0.2) is 0 Å². The predicted octanol–water partition coefficient (Wildman–Crippen LogP) is 4.51. The Hall–Kier alpha value is -3.36. The summed E-state index contributed by atoms with van der Waals surface area (Å²) in [6.45, 7) is 7.41. The first-order valence-electron chi connectivity index (χ1n) is 13.6. The van der Waals surface area contributed by atoms with Crippen LogP contribution in [-0.2, 0) is 4.79 Å². The van der Waals surface area contributed by atoms with E-state index in [2.05, 4.69) is 5.16 Å². The van der Waals surface area contributed by atoms with Gasteiger partial charge in [-0.3, -0.25) is 14.4 Å². The molecule has 3 amide bonds. The number of unbranched alkanes of at least 4 members (excludes halogenated alkanes) is 1. The Bertz CT molecular complexity index is 1110. The average molecular weight is 527 g/mol. The SMILES string of the molecule is Cc1onc(C(C)C)c1C(=O)N(C)CCCC[C@H]1C(=O)N(C)CCCCCOc2ccccc2C(=O)N1C. The number of hydrogen-bond acceptors (Lipinski definition) is 6. The molecule has 1 aliphatic rings. The normalized spacial score (nSPS) is 17.4. The monoisotopic (exact) mass is 526 g/mol. The van der Waals surface area contributed by atoms with Crippen LogP contribution in [0.1, 0.15) is 90.5 Å². The zero-order valence-electron chi connectivity index (χ0n) is 23.7. The highest BCUT2D eigenvalue weighted by Crippen LogP contribution is 2.25. The molecule has 38 heavy (non-hydrogen) atoms. The molecule has 0 fully saturated rings. The van der Waals surface area contributed by atoms with E-state index in [1.807, 2.05) is 26.0 Å². The standard InChI is InChI=1S/C29H42N4O5/c1-20(2)26-25(21(3)38-30-26)29(36)32(5)18-12-10-15-23-28(35)31(4)17-11-7-13-19-37-24-16-9-8-14-22(24)27(34)33(23)6/h8-9,14,16,20,23H,7,10-13,15,17-19H2,1-6H3/t23-/m0/s1. The average Bonchev–Trinajstić information content (AvgIpc) is 3.30. The summed E-state index contributed by atoms with van der Waals surface area (Å²) < 4.78 is 11.2. The van der Waals surface area contributed by atoms with Crippen LogP contribution >= 0.6 is 0 Å². The van der Waals surface area contributed by atoms with Crippen LogP contribution in [0.3, 0.4) is 0 Å². The van der Waals surface area contributed by atoms with Crippen molar-refractivity contribution in [2.24, 2.45) is 0 Å². The van der Waals surface area contributed by atoms with Gasteiger partial charge in [0.2, 0.25) is 5.91 Å². The second-order valence-electron chi connectivity index (χ2n) is 10.5. The lowest BCUT2D eigenvalue weighted by molar-refractivity contribution is -0.134. The Morgan fingerprint density at radius 3 is 2.61 bits per heavy atom. The summed E-state index contributed by atoms with van der Waals surface area (Å²) in [6, 6.07) is 6.61. The molecule has 1 aromatic heterocycles. The summed E-state index contributed by atoms with van der Waals surface area (Å²) in [6.07, 6.45) is 4.56. The van der Waals surface area contributed by atoms with Gasteiger partial charge in [0.05, 0.1) is 17.9 Å². The van der Waals surface area contributed by atoms with Crippen molar-refractivity contribution in [2.75, 3.05) is 40.8 Å². The van der Waals surface area contributed by atoms with Crippen molar-refractivity contribution >= 4 is 17.7 Å². The van der Waals surface area contributed by atoms with Gasteiger partial charge in [0.1, 0.15) is 23.1 Å². The number of nitrogens with zero attached hydrogens (tertiary/aromatic N) is 4. The molecule has 3 rings (SSSR count). The lowest BCUT2D eigenvalue weighted by Gasteiger charge is -2.31. The lowest BCUT2D eigenvalue weighted by atomic mass is 10.0. The predicted molar refractivity (Wildman–Crippen MR) is 145 cm³/mol. The fourth-order valence-corrected chi connectivity index (χ4v) is 4.78. The van der Waals surface area contributed by atoms with Crippen molar-refractivity contribution in [3.05, 3.63) is 46.8 Å². The van der Waals surface area contributed by atoms with E-state index in [-0.39, 0.29) is 23.6 Å². The molecule has 0 N–H and O–H groups in total. The number of likely N-dealkylation sites (N-methyl/N-ethyl adjacent to an activating group) is 2. The molecule has 0 aliphatic carbocycles. The van der Waals surface area contributed by atoms with Gasteiger partial charge >= 0.3 is 0 Å². The number of ether oxygens (including phenoxy) is 1. The molecule has 0 unspecified atom stereocenters. The maximum atomic E-state index is 13.5. The van der Waals surface area contributed by atoms with Crippen molar-refractivity contribution in [1.82, 2.24) is 19.9 Å². The minimum Gasteiger partial charge on any atom is -0.493 e. The van der Waals surface area contributed by atoms with Crippen molar-refractivity contribution in [3.8, 4) is 5.75 Å². The Balaban J connectivity index is 1.69. The Morgan fingerprint density at radius 2 is 1.87 bits per heavy atom. The van der Waals surface area contributed by atoms with E-state index in [0.717, 1.165) is 19.3 Å². The molecule has 0 saturated carbocycles. The fourth-order valence-electron chi connectivity index (χ4n) is 4.78. The summed E-state index contributed by atoms with van der Waals surface area (Å²) in [5.74, 6) is 0.736. The number of fused-ring (bicyclic) bond motifs is 1. The zero-order chi connectivity index (χ0) is 27.8. The van der Waals surface area contributed by atoms with Gasteiger partial charge in [-0.15, -0.1) is 0 Å². The van der Waals surface area contributed by atoms with Gasteiger partial charge in [-0.2, -0.15) is 0 Å². The van der Waals surface area contributed by atoms with Gasteiger partial charge in [-0.1, -0.05) is 31.1 Å². The van der Waals surface area contributed by atoms with E-state index in [4.69, 9.17) is 9.26 Å². The smallest absolute Gasteiger partial charge is 0.259 e. The number of aromatic nitrogens is 1. The second-order valence-corrected chi connectivity index (χ2v) is 10.5. The summed E-state index contributed by atoms with van der Waals surface area (Å²) in [5, 5.41) is 4.06. The highest BCUT2D eigenvalue weighted by Gasteiger charge is 2.31. The molecule has 0 saturated heterocycles. The fraction of sp³-hybridized carbons (Fsp3) is 0.586. The van der Waals surface area contributed by atoms with Crippen molar-refractivity contribution < 1.29 is 23.6 Å². The first-order chi connectivity index (χ1) is 18.1. The third-order valence-corrected chi connectivity index (χ3v) is 7.18. The zero-order valence-corrected chi connectivity index (χ0v) is 23.7. The first kappa shape index (κ1) is 29.2. The van der Waals surface area contributed by atoms with Gasteiger partial charge in [-0.05, 0) is 63.5 Å². The van der Waals surface area contributed by atoms with E-state index >= 15 is 0 Å². The number of aryl methyl sites for hydroxylation is 1. The van der Waals surface area contributed by atoms with Crippen LogP contribution in [0, 0.1) is 6.92 Å². The summed E-state index contributed by atoms with van der Waals surface area (Å²) >= 11 is 0. The topological polar surface area (TPSA) is 96.2 Å². The summed E-state index contributed by atoms with van der Waals surface area (Å²) in [7, 11) is 5.26. The number of rotatable bonds is 7. The Kier molecular flexibility index (Phi) is 10.3. The summed E-state index contributed by atoms with van der Waals surface area (Å²) in [5.41, 5.74) is 1.66. The maximum Gasteiger partial charge on any atom is 0.259 e. The van der Waals surface area contributed by atoms with Crippen LogP contribution in [0.5, 0.6) is 5.75 Å².